The molecule has 1 amide bonds. The Morgan fingerprint density at radius 2 is 1.86 bits per heavy atom. The van der Waals surface area contributed by atoms with E-state index in [0.717, 1.165) is 9.64 Å². The highest BCUT2D eigenvalue weighted by Crippen LogP contribution is 2.18. The van der Waals surface area contributed by atoms with E-state index in [1.165, 1.54) is 12.1 Å². The Morgan fingerprint density at radius 3 is 2.50 bits per heavy atom. The summed E-state index contributed by atoms with van der Waals surface area (Å²) in [5, 5.41) is 2.53. The van der Waals surface area contributed by atoms with Crippen molar-refractivity contribution in [2.75, 3.05) is 11.9 Å². The van der Waals surface area contributed by atoms with Crippen molar-refractivity contribution >= 4 is 51.8 Å². The van der Waals surface area contributed by atoms with Crippen LogP contribution in [0.25, 0.3) is 0 Å². The number of amides is 1. The molecule has 0 aliphatic heterocycles. The van der Waals surface area contributed by atoms with Crippen LogP contribution in [0.2, 0.25) is 5.02 Å². The summed E-state index contributed by atoms with van der Waals surface area (Å²) >= 11 is 7.72. The Morgan fingerprint density at radius 1 is 1.18 bits per heavy atom. The third kappa shape index (κ3) is 4.67. The van der Waals surface area contributed by atoms with Gasteiger partial charge in [-0.2, -0.15) is 0 Å². The Labute approximate surface area is 144 Å². The molecule has 0 radical (unpaired) electrons. The van der Waals surface area contributed by atoms with E-state index in [-0.39, 0.29) is 10.7 Å². The Kier molecular flexibility index (Phi) is 5.73. The van der Waals surface area contributed by atoms with Gasteiger partial charge in [0.05, 0.1) is 11.3 Å². The Hall–Kier alpha value is -1.67. The largest absolute Gasteiger partial charge is 0.452 e. The fourth-order valence-electron chi connectivity index (χ4n) is 1.58. The summed E-state index contributed by atoms with van der Waals surface area (Å²) < 4.78 is 19.3. The fourth-order valence-corrected chi connectivity index (χ4v) is 2.10. The van der Waals surface area contributed by atoms with Crippen LogP contribution in [0.3, 0.4) is 0 Å². The van der Waals surface area contributed by atoms with E-state index in [1.807, 2.05) is 0 Å². The van der Waals surface area contributed by atoms with Crippen LogP contribution in [-0.4, -0.2) is 18.5 Å². The van der Waals surface area contributed by atoms with Crippen LogP contribution < -0.4 is 5.32 Å². The Bertz CT molecular complexity index is 706. The van der Waals surface area contributed by atoms with Crippen molar-refractivity contribution in [1.82, 2.24) is 0 Å². The smallest absolute Gasteiger partial charge is 0.338 e. The van der Waals surface area contributed by atoms with Crippen LogP contribution in [0.1, 0.15) is 10.4 Å². The minimum Gasteiger partial charge on any atom is -0.452 e. The summed E-state index contributed by atoms with van der Waals surface area (Å²) in [7, 11) is 0. The number of carbonyl (C=O) groups excluding carboxylic acids is 2. The highest BCUT2D eigenvalue weighted by molar-refractivity contribution is 14.1. The lowest BCUT2D eigenvalue weighted by Gasteiger charge is -2.07. The van der Waals surface area contributed by atoms with Gasteiger partial charge in [-0.15, -0.1) is 0 Å². The van der Waals surface area contributed by atoms with Crippen LogP contribution in [0.15, 0.2) is 42.5 Å². The van der Waals surface area contributed by atoms with Gasteiger partial charge in [0, 0.05) is 8.59 Å². The molecule has 2 aromatic carbocycles. The van der Waals surface area contributed by atoms with Crippen molar-refractivity contribution in [1.29, 1.82) is 0 Å². The first-order valence-corrected chi connectivity index (χ1v) is 7.59. The van der Waals surface area contributed by atoms with E-state index in [4.69, 9.17) is 16.3 Å². The molecule has 0 fully saturated rings. The van der Waals surface area contributed by atoms with Gasteiger partial charge in [0.1, 0.15) is 5.82 Å². The molecule has 0 saturated carbocycles. The van der Waals surface area contributed by atoms with Crippen molar-refractivity contribution in [2.45, 2.75) is 0 Å². The number of carbonyl (C=O) groups is 2. The molecule has 0 unspecified atom stereocenters. The molecule has 4 nitrogen and oxygen atoms in total. The lowest BCUT2D eigenvalue weighted by molar-refractivity contribution is -0.119. The number of hydrogen-bond donors (Lipinski definition) is 1. The lowest BCUT2D eigenvalue weighted by Crippen LogP contribution is -2.21. The number of rotatable bonds is 4. The molecule has 0 bridgehead atoms. The molecule has 0 aliphatic carbocycles. The zero-order valence-electron chi connectivity index (χ0n) is 11.1. The first kappa shape index (κ1) is 16.7. The minimum absolute atomic E-state index is 0.0280. The predicted molar refractivity (Wildman–Crippen MR) is 89.5 cm³/mol. The normalized spacial score (nSPS) is 10.1. The predicted octanol–water partition coefficient (Wildman–Crippen LogP) is 3.88. The van der Waals surface area contributed by atoms with Gasteiger partial charge in [-0.1, -0.05) is 11.6 Å². The molecule has 0 saturated heterocycles. The third-order valence-electron chi connectivity index (χ3n) is 2.62. The van der Waals surface area contributed by atoms with Crippen molar-refractivity contribution in [3.05, 3.63) is 62.4 Å². The second-order valence-corrected chi connectivity index (χ2v) is 5.94. The van der Waals surface area contributed by atoms with E-state index in [1.54, 1.807) is 24.3 Å². The monoisotopic (exact) mass is 433 g/mol. The molecular formula is C15H10ClFINO3. The summed E-state index contributed by atoms with van der Waals surface area (Å²) in [5.41, 5.74) is 0.311. The van der Waals surface area contributed by atoms with Gasteiger partial charge in [-0.3, -0.25) is 4.79 Å². The number of benzene rings is 2. The summed E-state index contributed by atoms with van der Waals surface area (Å²) in [6.07, 6.45) is 0. The van der Waals surface area contributed by atoms with Crippen LogP contribution in [0.5, 0.6) is 0 Å². The Balaban J connectivity index is 1.89. The zero-order valence-corrected chi connectivity index (χ0v) is 14.0. The van der Waals surface area contributed by atoms with Crippen LogP contribution in [0.4, 0.5) is 10.1 Å². The van der Waals surface area contributed by atoms with Gasteiger partial charge in [0.2, 0.25) is 0 Å². The number of anilines is 1. The maximum atomic E-state index is 13.5. The molecule has 114 valence electrons. The van der Waals surface area contributed by atoms with Gasteiger partial charge in [-0.25, -0.2) is 9.18 Å². The molecule has 0 atom stereocenters. The summed E-state index contributed by atoms with van der Waals surface area (Å²) in [6.45, 7) is -0.507. The number of nitrogens with one attached hydrogen (secondary N) is 1. The molecule has 1 N–H and O–H groups in total. The summed E-state index contributed by atoms with van der Waals surface area (Å²) in [5.74, 6) is -1.92. The maximum Gasteiger partial charge on any atom is 0.338 e. The van der Waals surface area contributed by atoms with Crippen molar-refractivity contribution < 1.29 is 18.7 Å². The lowest BCUT2D eigenvalue weighted by atomic mass is 10.2. The van der Waals surface area contributed by atoms with Crippen LogP contribution in [0, 0.1) is 9.39 Å². The van der Waals surface area contributed by atoms with E-state index in [0.29, 0.717) is 5.56 Å². The van der Waals surface area contributed by atoms with E-state index < -0.39 is 24.3 Å². The molecule has 7 heteroatoms. The first-order valence-electron chi connectivity index (χ1n) is 6.13. The first-order chi connectivity index (χ1) is 10.5. The minimum atomic E-state index is -0.662. The van der Waals surface area contributed by atoms with Crippen molar-refractivity contribution in [3.8, 4) is 0 Å². The molecule has 22 heavy (non-hydrogen) atoms. The van der Waals surface area contributed by atoms with E-state index in [2.05, 4.69) is 27.9 Å². The molecule has 0 spiro atoms. The summed E-state index contributed by atoms with van der Waals surface area (Å²) in [4.78, 5) is 23.4. The third-order valence-corrected chi connectivity index (χ3v) is 3.57. The van der Waals surface area contributed by atoms with Gasteiger partial charge in [-0.05, 0) is 65.1 Å². The number of hydrogen-bond acceptors (Lipinski definition) is 3. The van der Waals surface area contributed by atoms with Gasteiger partial charge < -0.3 is 10.1 Å². The highest BCUT2D eigenvalue weighted by atomic mass is 127. The van der Waals surface area contributed by atoms with Gasteiger partial charge in [0.15, 0.2) is 6.61 Å². The second-order valence-electron chi connectivity index (χ2n) is 4.26. The zero-order chi connectivity index (χ0) is 16.1. The molecule has 0 aliphatic rings. The van der Waals surface area contributed by atoms with Gasteiger partial charge in [0.25, 0.3) is 5.91 Å². The molecule has 0 aromatic heterocycles. The molecular weight excluding hydrogens is 424 g/mol. The van der Waals surface area contributed by atoms with E-state index >= 15 is 0 Å². The number of halogens is 3. The quantitative estimate of drug-likeness (QED) is 0.588. The SMILES string of the molecule is O=C(COC(=O)c1ccc(I)cc1)Nc1ccc(Cl)cc1F. The van der Waals surface area contributed by atoms with Crippen molar-refractivity contribution in [2.24, 2.45) is 0 Å². The van der Waals surface area contributed by atoms with E-state index in [9.17, 15) is 14.0 Å². The average Bonchev–Trinajstić information content (AvgIpc) is 2.48. The maximum absolute atomic E-state index is 13.5. The van der Waals surface area contributed by atoms with Gasteiger partial charge >= 0.3 is 5.97 Å². The number of ether oxygens (including phenoxy) is 1. The topological polar surface area (TPSA) is 55.4 Å². The average molecular weight is 434 g/mol. The molecule has 2 aromatic rings. The standard InChI is InChI=1S/C15H10ClFINO3/c16-10-3-6-13(12(17)7-10)19-14(20)8-22-15(21)9-1-4-11(18)5-2-9/h1-7H,8H2,(H,19,20). The molecule has 0 heterocycles. The number of esters is 1. The fraction of sp³-hybridized carbons (Fsp3) is 0.0667. The highest BCUT2D eigenvalue weighted by Gasteiger charge is 2.12. The van der Waals surface area contributed by atoms with Crippen molar-refractivity contribution in [3.63, 3.8) is 0 Å². The summed E-state index contributed by atoms with van der Waals surface area (Å²) in [6, 6.07) is 10.5. The molecule has 2 rings (SSSR count). The van der Waals surface area contributed by atoms with Crippen LogP contribution >= 0.6 is 34.2 Å². The van der Waals surface area contributed by atoms with Crippen LogP contribution in [-0.2, 0) is 9.53 Å². The second kappa shape index (κ2) is 7.55.